The van der Waals surface area contributed by atoms with E-state index in [2.05, 4.69) is 33.6 Å². The molecule has 0 saturated carbocycles. The lowest BCUT2D eigenvalue weighted by atomic mass is 9.99. The highest BCUT2D eigenvalue weighted by Crippen LogP contribution is 2.30. The molecule has 0 amide bonds. The van der Waals surface area contributed by atoms with Gasteiger partial charge in [0, 0.05) is 17.1 Å². The van der Waals surface area contributed by atoms with Crippen molar-refractivity contribution >= 4 is 17.3 Å². The lowest BCUT2D eigenvalue weighted by Crippen LogP contribution is -2.26. The highest BCUT2D eigenvalue weighted by Gasteiger charge is 2.26. The molecule has 0 atom stereocenters. The van der Waals surface area contributed by atoms with Crippen molar-refractivity contribution in [1.29, 1.82) is 0 Å². The third kappa shape index (κ3) is 4.16. The van der Waals surface area contributed by atoms with Crippen molar-refractivity contribution < 1.29 is 8.78 Å². The van der Waals surface area contributed by atoms with E-state index >= 15 is 0 Å². The predicted octanol–water partition coefficient (Wildman–Crippen LogP) is 4.95. The largest absolute Gasteiger partial charge is 0.292 e. The summed E-state index contributed by atoms with van der Waals surface area (Å²) < 4.78 is 31.2. The maximum atomic E-state index is 14.6. The predicted molar refractivity (Wildman–Crippen MR) is 118 cm³/mol. The molecule has 1 aliphatic heterocycles. The van der Waals surface area contributed by atoms with E-state index in [1.54, 1.807) is 12.1 Å². The van der Waals surface area contributed by atoms with E-state index in [0.29, 0.717) is 35.2 Å². The van der Waals surface area contributed by atoms with E-state index in [0.717, 1.165) is 18.8 Å². The molecular formula is C23H22ClF2N5. The van der Waals surface area contributed by atoms with Gasteiger partial charge in [0.2, 0.25) is 0 Å². The van der Waals surface area contributed by atoms with Gasteiger partial charge in [-0.2, -0.15) is 0 Å². The minimum atomic E-state index is -0.678. The van der Waals surface area contributed by atoms with E-state index in [9.17, 15) is 8.78 Å². The fourth-order valence-electron chi connectivity index (χ4n) is 3.84. The van der Waals surface area contributed by atoms with Gasteiger partial charge in [-0.05, 0) is 43.3 Å². The van der Waals surface area contributed by atoms with Crippen LogP contribution in [0.2, 0.25) is 5.02 Å². The van der Waals surface area contributed by atoms with Crippen LogP contribution in [0.15, 0.2) is 54.0 Å². The molecule has 0 aliphatic carbocycles. The van der Waals surface area contributed by atoms with Crippen molar-refractivity contribution in [2.24, 2.45) is 4.99 Å². The number of benzene rings is 2. The Kier molecular flexibility index (Phi) is 6.25. The fraction of sp³-hybridized carbons (Fsp3) is 0.261. The van der Waals surface area contributed by atoms with Crippen molar-refractivity contribution in [3.8, 4) is 5.69 Å². The van der Waals surface area contributed by atoms with Crippen LogP contribution in [-0.2, 0) is 13.1 Å². The molecule has 0 unspecified atom stereocenters. The van der Waals surface area contributed by atoms with Crippen molar-refractivity contribution in [3.05, 3.63) is 88.5 Å². The molecule has 0 radical (unpaired) electrons. The molecule has 0 saturated heterocycles. The summed E-state index contributed by atoms with van der Waals surface area (Å²) in [5, 5.41) is 9.15. The first kappa shape index (κ1) is 21.3. The standard InChI is InChI=1S/C23H22ClF2N5/c1-3-10-30(11-4-2)14-21-29-28-20-13-27-23(22-17(25)6-5-7-18(22)26)16-12-15(24)8-9-19(16)31(20)21/h3,5-9,12H,1,4,10-11,13-14H2,2H3. The molecule has 0 bridgehead atoms. The molecule has 0 fully saturated rings. The molecule has 8 heteroatoms. The molecule has 3 aromatic rings. The first-order valence-electron chi connectivity index (χ1n) is 10.1. The van der Waals surface area contributed by atoms with Gasteiger partial charge < -0.3 is 0 Å². The Bertz CT molecular complexity index is 1130. The zero-order valence-electron chi connectivity index (χ0n) is 17.2. The normalized spacial score (nSPS) is 12.9. The van der Waals surface area contributed by atoms with Crippen LogP contribution in [0.25, 0.3) is 5.69 Å². The summed E-state index contributed by atoms with van der Waals surface area (Å²) in [5.41, 5.74) is 1.25. The highest BCUT2D eigenvalue weighted by atomic mass is 35.5. The van der Waals surface area contributed by atoms with E-state index in [1.165, 1.54) is 18.2 Å². The Morgan fingerprint density at radius 3 is 2.68 bits per heavy atom. The molecule has 1 aliphatic rings. The van der Waals surface area contributed by atoms with Gasteiger partial charge in [-0.1, -0.05) is 30.7 Å². The minimum Gasteiger partial charge on any atom is -0.292 e. The smallest absolute Gasteiger partial charge is 0.159 e. The summed E-state index contributed by atoms with van der Waals surface area (Å²) in [6, 6.07) is 9.00. The van der Waals surface area contributed by atoms with Gasteiger partial charge in [-0.15, -0.1) is 16.8 Å². The first-order chi connectivity index (χ1) is 15.0. The van der Waals surface area contributed by atoms with Crippen LogP contribution in [0.3, 0.4) is 0 Å². The molecule has 4 rings (SSSR count). The summed E-state index contributed by atoms with van der Waals surface area (Å²) in [5.74, 6) is -0.0370. The van der Waals surface area contributed by atoms with Crippen LogP contribution in [0.5, 0.6) is 0 Å². The number of hydrogen-bond acceptors (Lipinski definition) is 4. The quantitative estimate of drug-likeness (QED) is 0.487. The molecular weight excluding hydrogens is 420 g/mol. The van der Waals surface area contributed by atoms with Gasteiger partial charge in [-0.3, -0.25) is 14.5 Å². The average molecular weight is 442 g/mol. The topological polar surface area (TPSA) is 46.3 Å². The number of nitrogens with zero attached hydrogens (tertiary/aromatic N) is 5. The molecule has 5 nitrogen and oxygen atoms in total. The molecule has 0 spiro atoms. The second kappa shape index (κ2) is 9.08. The number of aliphatic imine (C=N–C) groups is 1. The van der Waals surface area contributed by atoms with E-state index in [1.807, 2.05) is 16.7 Å². The van der Waals surface area contributed by atoms with Gasteiger partial charge in [0.15, 0.2) is 11.6 Å². The van der Waals surface area contributed by atoms with Crippen LogP contribution < -0.4 is 0 Å². The van der Waals surface area contributed by atoms with Crippen molar-refractivity contribution in [1.82, 2.24) is 19.7 Å². The van der Waals surface area contributed by atoms with Crippen LogP contribution in [0.1, 0.15) is 36.1 Å². The second-order valence-electron chi connectivity index (χ2n) is 7.31. The lowest BCUT2D eigenvalue weighted by molar-refractivity contribution is 0.286. The van der Waals surface area contributed by atoms with Crippen LogP contribution >= 0.6 is 11.6 Å². The second-order valence-corrected chi connectivity index (χ2v) is 7.75. The minimum absolute atomic E-state index is 0.137. The molecule has 1 aromatic heterocycles. The van der Waals surface area contributed by atoms with Crippen molar-refractivity contribution in [2.75, 3.05) is 13.1 Å². The van der Waals surface area contributed by atoms with E-state index in [4.69, 9.17) is 11.6 Å². The molecule has 31 heavy (non-hydrogen) atoms. The van der Waals surface area contributed by atoms with E-state index in [-0.39, 0.29) is 17.8 Å². The lowest BCUT2D eigenvalue weighted by Gasteiger charge is -2.20. The Balaban J connectivity index is 1.86. The Morgan fingerprint density at radius 1 is 1.19 bits per heavy atom. The van der Waals surface area contributed by atoms with Gasteiger partial charge in [-0.25, -0.2) is 8.78 Å². The van der Waals surface area contributed by atoms with E-state index < -0.39 is 11.6 Å². The number of hydrogen-bond donors (Lipinski definition) is 0. The molecule has 2 aromatic carbocycles. The average Bonchev–Trinajstić information content (AvgIpc) is 3.05. The summed E-state index contributed by atoms with van der Waals surface area (Å²) in [6.45, 7) is 8.23. The van der Waals surface area contributed by atoms with Crippen molar-refractivity contribution in [2.45, 2.75) is 26.4 Å². The number of fused-ring (bicyclic) bond motifs is 3. The van der Waals surface area contributed by atoms with Crippen LogP contribution in [0.4, 0.5) is 8.78 Å². The maximum Gasteiger partial charge on any atom is 0.159 e. The van der Waals surface area contributed by atoms with Crippen LogP contribution in [0, 0.1) is 11.6 Å². The number of halogens is 3. The van der Waals surface area contributed by atoms with Gasteiger partial charge >= 0.3 is 0 Å². The monoisotopic (exact) mass is 441 g/mol. The number of rotatable bonds is 7. The highest BCUT2D eigenvalue weighted by molar-refractivity contribution is 6.31. The molecule has 160 valence electrons. The zero-order chi connectivity index (χ0) is 22.0. The summed E-state index contributed by atoms with van der Waals surface area (Å²) in [6.07, 6.45) is 2.84. The zero-order valence-corrected chi connectivity index (χ0v) is 17.9. The maximum absolute atomic E-state index is 14.6. The summed E-state index contributed by atoms with van der Waals surface area (Å²) in [7, 11) is 0. The van der Waals surface area contributed by atoms with Gasteiger partial charge in [0.1, 0.15) is 18.2 Å². The Hall–Kier alpha value is -2.90. The summed E-state index contributed by atoms with van der Waals surface area (Å²) in [4.78, 5) is 6.74. The van der Waals surface area contributed by atoms with Crippen LogP contribution in [-0.4, -0.2) is 38.5 Å². The van der Waals surface area contributed by atoms with Crippen molar-refractivity contribution in [3.63, 3.8) is 0 Å². The Morgan fingerprint density at radius 2 is 1.97 bits per heavy atom. The van der Waals surface area contributed by atoms with Gasteiger partial charge in [0.05, 0.1) is 23.5 Å². The number of aromatic nitrogens is 3. The third-order valence-electron chi connectivity index (χ3n) is 5.12. The molecule has 0 N–H and O–H groups in total. The molecule has 2 heterocycles. The fourth-order valence-corrected chi connectivity index (χ4v) is 4.01. The first-order valence-corrected chi connectivity index (χ1v) is 10.5. The SMILES string of the molecule is C=CCN(CCC)Cc1nnc2n1-c1ccc(Cl)cc1C(c1c(F)cccc1F)=NC2. The third-order valence-corrected chi connectivity index (χ3v) is 5.36. The summed E-state index contributed by atoms with van der Waals surface area (Å²) >= 11 is 6.27. The van der Waals surface area contributed by atoms with Gasteiger partial charge in [0.25, 0.3) is 0 Å². The Labute approximate surface area is 184 Å².